The molecule has 0 spiro atoms. The third-order valence-corrected chi connectivity index (χ3v) is 3.19. The average molecular weight is 273 g/mol. The van der Waals surface area contributed by atoms with E-state index in [2.05, 4.69) is 9.97 Å². The maximum Gasteiger partial charge on any atom is 0.164 e. The quantitative estimate of drug-likeness (QED) is 0.780. The van der Waals surface area contributed by atoms with Crippen molar-refractivity contribution in [2.24, 2.45) is 5.73 Å². The van der Waals surface area contributed by atoms with Gasteiger partial charge in [0.2, 0.25) is 0 Å². The van der Waals surface area contributed by atoms with Gasteiger partial charge >= 0.3 is 0 Å². The lowest BCUT2D eigenvalue weighted by molar-refractivity contribution is 0.725. The number of hydrogen-bond acceptors (Lipinski definition) is 3. The van der Waals surface area contributed by atoms with E-state index in [1.165, 1.54) is 0 Å². The number of fused-ring (bicyclic) bond motifs is 1. The van der Waals surface area contributed by atoms with Gasteiger partial charge < -0.3 is 5.73 Å². The first kappa shape index (κ1) is 12.1. The van der Waals surface area contributed by atoms with Crippen LogP contribution in [-0.4, -0.2) is 14.5 Å². The second-order valence-corrected chi connectivity index (χ2v) is 4.85. The fourth-order valence-corrected chi connectivity index (χ4v) is 2.21. The maximum absolute atomic E-state index is 6.01. The van der Waals surface area contributed by atoms with Gasteiger partial charge in [0.1, 0.15) is 11.3 Å². The molecule has 0 fully saturated rings. The van der Waals surface area contributed by atoms with E-state index < -0.39 is 0 Å². The molecule has 5 heteroatoms. The van der Waals surface area contributed by atoms with Crippen LogP contribution in [0.5, 0.6) is 0 Å². The van der Waals surface area contributed by atoms with Crippen LogP contribution < -0.4 is 5.73 Å². The zero-order valence-electron chi connectivity index (χ0n) is 10.4. The number of nitrogens with two attached hydrogens (primary N) is 1. The Hall–Kier alpha value is -1.91. The monoisotopic (exact) mass is 272 g/mol. The van der Waals surface area contributed by atoms with Crippen molar-refractivity contribution < 1.29 is 0 Å². The fourth-order valence-electron chi connectivity index (χ4n) is 2.08. The molecule has 3 aromatic rings. The summed E-state index contributed by atoms with van der Waals surface area (Å²) in [6.45, 7) is 1.91. The lowest BCUT2D eigenvalue weighted by Gasteiger charge is -2.10. The lowest BCUT2D eigenvalue weighted by Crippen LogP contribution is -2.12. The molecule has 2 N–H and O–H groups in total. The molecule has 1 atom stereocenters. The molecular formula is C14H13ClN4. The van der Waals surface area contributed by atoms with Crippen molar-refractivity contribution in [3.8, 4) is 5.69 Å². The number of halogens is 1. The van der Waals surface area contributed by atoms with E-state index in [0.29, 0.717) is 5.02 Å². The van der Waals surface area contributed by atoms with Crippen LogP contribution in [0.2, 0.25) is 5.02 Å². The Morgan fingerprint density at radius 1 is 1.21 bits per heavy atom. The second-order valence-electron chi connectivity index (χ2n) is 4.42. The van der Waals surface area contributed by atoms with E-state index >= 15 is 0 Å². The molecule has 0 bridgehead atoms. The highest BCUT2D eigenvalue weighted by molar-refractivity contribution is 6.30. The van der Waals surface area contributed by atoms with Crippen LogP contribution in [0.25, 0.3) is 16.9 Å². The molecule has 2 heterocycles. The van der Waals surface area contributed by atoms with Crippen molar-refractivity contribution in [2.75, 3.05) is 0 Å². The molecule has 19 heavy (non-hydrogen) atoms. The van der Waals surface area contributed by atoms with E-state index in [-0.39, 0.29) is 6.04 Å². The summed E-state index contributed by atoms with van der Waals surface area (Å²) < 4.78 is 1.97. The number of nitrogens with zero attached hydrogens (tertiary/aromatic N) is 3. The third kappa shape index (κ3) is 2.09. The SMILES string of the molecule is CC(N)c1nc2cccnc2n1-c1ccc(Cl)cc1. The first-order valence-electron chi connectivity index (χ1n) is 6.01. The summed E-state index contributed by atoms with van der Waals surface area (Å²) in [6, 6.07) is 11.2. The minimum absolute atomic E-state index is 0.176. The predicted molar refractivity (Wildman–Crippen MR) is 76.5 cm³/mol. The molecule has 4 nitrogen and oxygen atoms in total. The van der Waals surface area contributed by atoms with Crippen molar-refractivity contribution >= 4 is 22.8 Å². The molecule has 0 aliphatic carbocycles. The molecule has 3 rings (SSSR count). The second kappa shape index (κ2) is 4.64. The van der Waals surface area contributed by atoms with Crippen LogP contribution in [0.1, 0.15) is 18.8 Å². The van der Waals surface area contributed by atoms with Gasteiger partial charge in [-0.15, -0.1) is 0 Å². The third-order valence-electron chi connectivity index (χ3n) is 2.93. The van der Waals surface area contributed by atoms with Crippen molar-refractivity contribution in [1.29, 1.82) is 0 Å². The van der Waals surface area contributed by atoms with Gasteiger partial charge in [-0.1, -0.05) is 11.6 Å². The molecule has 0 radical (unpaired) electrons. The summed E-state index contributed by atoms with van der Waals surface area (Å²) in [7, 11) is 0. The van der Waals surface area contributed by atoms with Gasteiger partial charge in [-0.3, -0.25) is 4.57 Å². The fraction of sp³-hybridized carbons (Fsp3) is 0.143. The van der Waals surface area contributed by atoms with Gasteiger partial charge in [0, 0.05) is 16.9 Å². The van der Waals surface area contributed by atoms with Gasteiger partial charge in [0.05, 0.1) is 6.04 Å². The number of pyridine rings is 1. The number of benzene rings is 1. The van der Waals surface area contributed by atoms with Crippen LogP contribution in [0.15, 0.2) is 42.6 Å². The first-order valence-corrected chi connectivity index (χ1v) is 6.39. The number of rotatable bonds is 2. The van der Waals surface area contributed by atoms with Gasteiger partial charge in [-0.05, 0) is 43.3 Å². The van der Waals surface area contributed by atoms with Crippen LogP contribution in [0.4, 0.5) is 0 Å². The largest absolute Gasteiger partial charge is 0.322 e. The smallest absolute Gasteiger partial charge is 0.164 e. The summed E-state index contributed by atoms with van der Waals surface area (Å²) in [5.74, 6) is 0.788. The Morgan fingerprint density at radius 3 is 2.63 bits per heavy atom. The summed E-state index contributed by atoms with van der Waals surface area (Å²) in [5, 5.41) is 0.698. The molecule has 0 saturated heterocycles. The molecule has 0 aliphatic heterocycles. The molecular weight excluding hydrogens is 260 g/mol. The normalized spacial score (nSPS) is 12.8. The highest BCUT2D eigenvalue weighted by Gasteiger charge is 2.15. The zero-order chi connectivity index (χ0) is 13.4. The topological polar surface area (TPSA) is 56.7 Å². The van der Waals surface area contributed by atoms with E-state index in [0.717, 1.165) is 22.7 Å². The Morgan fingerprint density at radius 2 is 1.95 bits per heavy atom. The zero-order valence-corrected chi connectivity index (χ0v) is 11.2. The number of imidazole rings is 1. The molecule has 0 amide bonds. The van der Waals surface area contributed by atoms with Crippen molar-refractivity contribution in [1.82, 2.24) is 14.5 Å². The Balaban J connectivity index is 2.31. The van der Waals surface area contributed by atoms with Gasteiger partial charge in [-0.2, -0.15) is 0 Å². The summed E-state index contributed by atoms with van der Waals surface area (Å²) in [5.41, 5.74) is 8.61. The molecule has 1 unspecified atom stereocenters. The highest BCUT2D eigenvalue weighted by atomic mass is 35.5. The van der Waals surface area contributed by atoms with Crippen molar-refractivity contribution in [2.45, 2.75) is 13.0 Å². The number of aromatic nitrogens is 3. The van der Waals surface area contributed by atoms with E-state index in [1.54, 1.807) is 6.20 Å². The molecule has 96 valence electrons. The number of hydrogen-bond donors (Lipinski definition) is 1. The maximum atomic E-state index is 6.01. The van der Waals surface area contributed by atoms with Crippen LogP contribution >= 0.6 is 11.6 Å². The minimum Gasteiger partial charge on any atom is -0.322 e. The van der Waals surface area contributed by atoms with E-state index in [9.17, 15) is 0 Å². The molecule has 0 saturated carbocycles. The van der Waals surface area contributed by atoms with Crippen LogP contribution in [0, 0.1) is 0 Å². The van der Waals surface area contributed by atoms with E-state index in [1.807, 2.05) is 47.9 Å². The highest BCUT2D eigenvalue weighted by Crippen LogP contribution is 2.23. The molecule has 0 aliphatic rings. The van der Waals surface area contributed by atoms with Gasteiger partial charge in [0.15, 0.2) is 5.65 Å². The Labute approximate surface area is 115 Å². The molecule has 2 aromatic heterocycles. The van der Waals surface area contributed by atoms with Crippen LogP contribution in [-0.2, 0) is 0 Å². The Bertz CT molecular complexity index is 716. The van der Waals surface area contributed by atoms with Gasteiger partial charge in [0.25, 0.3) is 0 Å². The average Bonchev–Trinajstić information content (AvgIpc) is 2.79. The van der Waals surface area contributed by atoms with Crippen molar-refractivity contribution in [3.63, 3.8) is 0 Å². The summed E-state index contributed by atoms with van der Waals surface area (Å²) in [6.07, 6.45) is 1.75. The van der Waals surface area contributed by atoms with Crippen LogP contribution in [0.3, 0.4) is 0 Å². The van der Waals surface area contributed by atoms with Crippen molar-refractivity contribution in [3.05, 3.63) is 53.4 Å². The van der Waals surface area contributed by atoms with E-state index in [4.69, 9.17) is 17.3 Å². The minimum atomic E-state index is -0.176. The van der Waals surface area contributed by atoms with Gasteiger partial charge in [-0.25, -0.2) is 9.97 Å². The standard InChI is InChI=1S/C14H13ClN4/c1-9(16)13-18-12-3-2-8-17-14(12)19(13)11-6-4-10(15)5-7-11/h2-9H,16H2,1H3. The first-order chi connectivity index (χ1) is 9.16. The Kier molecular flexibility index (Phi) is 2.97. The lowest BCUT2D eigenvalue weighted by atomic mass is 10.3. The summed E-state index contributed by atoms with van der Waals surface area (Å²) >= 11 is 5.93. The predicted octanol–water partition coefficient (Wildman–Crippen LogP) is 3.09. The summed E-state index contributed by atoms with van der Waals surface area (Å²) in [4.78, 5) is 8.95. The molecule has 1 aromatic carbocycles.